The van der Waals surface area contributed by atoms with Gasteiger partial charge < -0.3 is 10.2 Å². The third kappa shape index (κ3) is 4.51. The van der Waals surface area contributed by atoms with Crippen LogP contribution in [0.4, 0.5) is 10.1 Å². The number of rotatable bonds is 5. The fraction of sp³-hybridized carbons (Fsp3) is 0.500. The van der Waals surface area contributed by atoms with Crippen LogP contribution >= 0.6 is 0 Å². The van der Waals surface area contributed by atoms with E-state index in [1.165, 1.54) is 23.4 Å². The summed E-state index contributed by atoms with van der Waals surface area (Å²) >= 11 is 0. The molecule has 176 valence electrons. The number of nitrogens with zero attached hydrogens (tertiary/aromatic N) is 3. The van der Waals surface area contributed by atoms with E-state index in [9.17, 15) is 9.59 Å². The molecule has 1 aromatic carbocycles. The van der Waals surface area contributed by atoms with Gasteiger partial charge in [-0.3, -0.25) is 19.5 Å². The predicted octanol–water partition coefficient (Wildman–Crippen LogP) is 3.91. The first-order valence-electron chi connectivity index (χ1n) is 11.8. The van der Waals surface area contributed by atoms with Crippen LogP contribution in [0.2, 0.25) is 0 Å². The number of carbonyl (C=O) groups excluding carboxylic acids is 2. The molecule has 2 atom stereocenters. The molecule has 2 amide bonds. The Morgan fingerprint density at radius 2 is 1.76 bits per heavy atom. The van der Waals surface area contributed by atoms with Crippen LogP contribution < -0.4 is 10.2 Å². The van der Waals surface area contributed by atoms with E-state index < -0.39 is 23.6 Å². The van der Waals surface area contributed by atoms with Crippen LogP contribution in [-0.4, -0.2) is 47.4 Å². The van der Waals surface area contributed by atoms with Crippen LogP contribution in [0.5, 0.6) is 0 Å². The number of halogens is 1. The largest absolute Gasteiger partial charge is 0.338 e. The number of likely N-dealkylation sites (tertiary alicyclic amines) is 1. The lowest BCUT2D eigenvalue weighted by Gasteiger charge is -2.40. The quantitative estimate of drug-likeness (QED) is 0.699. The van der Waals surface area contributed by atoms with E-state index in [0.717, 1.165) is 29.7 Å². The van der Waals surface area contributed by atoms with Crippen molar-refractivity contribution in [3.63, 3.8) is 0 Å². The third-order valence-electron chi connectivity index (χ3n) is 6.60. The Kier molecular flexibility index (Phi) is 6.52. The standard InChI is InChI=1S/C26H33FN4O2/c1-25(2,3)19-10-12-21(13-11-19)31(23(32)22-9-7-15-29-22)26(27,20-8-6-14-28-18-20)24(33)30-16-4-5-17-30/h6,8,10-14,18,22,29H,4-5,7,9,15-17H2,1-3H3/t22-,26?/m1/s1. The molecule has 0 bridgehead atoms. The zero-order valence-electron chi connectivity index (χ0n) is 19.7. The molecular formula is C26H33FN4O2. The number of nitrogens with one attached hydrogen (secondary N) is 1. The second-order valence-electron chi connectivity index (χ2n) is 9.98. The second-order valence-corrected chi connectivity index (χ2v) is 9.98. The van der Waals surface area contributed by atoms with Gasteiger partial charge in [-0.2, -0.15) is 0 Å². The number of anilines is 1. The number of hydrogen-bond donors (Lipinski definition) is 1. The van der Waals surface area contributed by atoms with Crippen LogP contribution in [0.1, 0.15) is 57.6 Å². The Balaban J connectivity index is 1.86. The van der Waals surface area contributed by atoms with Gasteiger partial charge in [0.2, 0.25) is 5.91 Å². The van der Waals surface area contributed by atoms with Crippen molar-refractivity contribution in [2.75, 3.05) is 24.5 Å². The van der Waals surface area contributed by atoms with E-state index >= 15 is 4.39 Å². The zero-order valence-corrected chi connectivity index (χ0v) is 19.7. The van der Waals surface area contributed by atoms with Crippen LogP contribution in [0.3, 0.4) is 0 Å². The smallest absolute Gasteiger partial charge is 0.295 e. The van der Waals surface area contributed by atoms with E-state index in [0.29, 0.717) is 31.7 Å². The number of aromatic nitrogens is 1. The molecule has 2 fully saturated rings. The van der Waals surface area contributed by atoms with E-state index in [4.69, 9.17) is 0 Å². The maximum Gasteiger partial charge on any atom is 0.295 e. The summed E-state index contributed by atoms with van der Waals surface area (Å²) in [6.45, 7) is 7.95. The average Bonchev–Trinajstić information content (AvgIpc) is 3.53. The number of alkyl halides is 1. The maximum absolute atomic E-state index is 17.4. The van der Waals surface area contributed by atoms with Crippen molar-refractivity contribution >= 4 is 17.5 Å². The molecule has 2 saturated heterocycles. The molecule has 0 spiro atoms. The van der Waals surface area contributed by atoms with Crippen molar-refractivity contribution in [3.05, 3.63) is 59.9 Å². The molecule has 1 N–H and O–H groups in total. The van der Waals surface area contributed by atoms with Gasteiger partial charge in [0.15, 0.2) is 0 Å². The molecule has 33 heavy (non-hydrogen) atoms. The first kappa shape index (κ1) is 23.4. The number of pyridine rings is 1. The summed E-state index contributed by atoms with van der Waals surface area (Å²) in [5, 5.41) is 3.18. The normalized spacial score (nSPS) is 20.5. The molecule has 2 aliphatic rings. The highest BCUT2D eigenvalue weighted by Crippen LogP contribution is 2.39. The van der Waals surface area contributed by atoms with E-state index in [2.05, 4.69) is 31.1 Å². The van der Waals surface area contributed by atoms with E-state index in [1.807, 2.05) is 12.1 Å². The summed E-state index contributed by atoms with van der Waals surface area (Å²) in [7, 11) is 0. The summed E-state index contributed by atoms with van der Waals surface area (Å²) < 4.78 is 17.4. The fourth-order valence-corrected chi connectivity index (χ4v) is 4.66. The van der Waals surface area contributed by atoms with E-state index in [1.54, 1.807) is 18.2 Å². The summed E-state index contributed by atoms with van der Waals surface area (Å²) in [5.41, 5.74) is 1.39. The Morgan fingerprint density at radius 1 is 1.06 bits per heavy atom. The van der Waals surface area contributed by atoms with Crippen LogP contribution in [-0.2, 0) is 20.8 Å². The minimum absolute atomic E-state index is 0.0631. The van der Waals surface area contributed by atoms with Gasteiger partial charge in [-0.25, -0.2) is 4.39 Å². The van der Waals surface area contributed by atoms with E-state index in [-0.39, 0.29) is 11.0 Å². The van der Waals surface area contributed by atoms with Crippen LogP contribution in [0, 0.1) is 0 Å². The Labute approximate surface area is 195 Å². The lowest BCUT2D eigenvalue weighted by Crippen LogP contribution is -2.60. The van der Waals surface area contributed by atoms with Gasteiger partial charge in [-0.05, 0) is 61.4 Å². The minimum Gasteiger partial charge on any atom is -0.338 e. The summed E-state index contributed by atoms with van der Waals surface area (Å²) in [4.78, 5) is 34.2. The predicted molar refractivity (Wildman–Crippen MR) is 126 cm³/mol. The third-order valence-corrected chi connectivity index (χ3v) is 6.60. The monoisotopic (exact) mass is 452 g/mol. The van der Waals surface area contributed by atoms with Gasteiger partial charge in [0.1, 0.15) is 0 Å². The molecule has 3 heterocycles. The van der Waals surface area contributed by atoms with Crippen molar-refractivity contribution < 1.29 is 14.0 Å². The van der Waals surface area contributed by atoms with Gasteiger partial charge in [-0.15, -0.1) is 0 Å². The molecule has 1 unspecified atom stereocenters. The first-order valence-corrected chi connectivity index (χ1v) is 11.8. The highest BCUT2D eigenvalue weighted by atomic mass is 19.1. The lowest BCUT2D eigenvalue weighted by atomic mass is 9.87. The Hall–Kier alpha value is -2.80. The number of benzene rings is 1. The highest BCUT2D eigenvalue weighted by Gasteiger charge is 2.53. The van der Waals surface area contributed by atoms with Crippen molar-refractivity contribution in [2.45, 2.75) is 63.7 Å². The van der Waals surface area contributed by atoms with Crippen molar-refractivity contribution in [3.8, 4) is 0 Å². The van der Waals surface area contributed by atoms with Crippen LogP contribution in [0.15, 0.2) is 48.8 Å². The molecule has 0 saturated carbocycles. The topological polar surface area (TPSA) is 65.5 Å². The molecule has 1 aromatic heterocycles. The SMILES string of the molecule is CC(C)(C)c1ccc(N(C(=O)[C@H]2CCCN2)C(F)(C(=O)N2CCCC2)c2cccnc2)cc1. The van der Waals surface area contributed by atoms with Gasteiger partial charge in [0.05, 0.1) is 6.04 Å². The van der Waals surface area contributed by atoms with Crippen molar-refractivity contribution in [2.24, 2.45) is 0 Å². The summed E-state index contributed by atoms with van der Waals surface area (Å²) in [6.07, 6.45) is 5.98. The number of amides is 2. The fourth-order valence-electron chi connectivity index (χ4n) is 4.66. The molecule has 4 rings (SSSR count). The Bertz CT molecular complexity index is 978. The second kappa shape index (κ2) is 9.21. The number of hydrogen-bond acceptors (Lipinski definition) is 4. The molecule has 2 aliphatic heterocycles. The summed E-state index contributed by atoms with van der Waals surface area (Å²) in [5.74, 6) is -3.84. The van der Waals surface area contributed by atoms with Gasteiger partial charge >= 0.3 is 0 Å². The zero-order chi connectivity index (χ0) is 23.6. The van der Waals surface area contributed by atoms with Crippen molar-refractivity contribution in [1.29, 1.82) is 0 Å². The highest BCUT2D eigenvalue weighted by molar-refractivity contribution is 6.05. The number of carbonyl (C=O) groups is 2. The van der Waals surface area contributed by atoms with Crippen molar-refractivity contribution in [1.82, 2.24) is 15.2 Å². The first-order chi connectivity index (χ1) is 15.7. The molecule has 7 heteroatoms. The molecular weight excluding hydrogens is 419 g/mol. The minimum atomic E-state index is -2.69. The Morgan fingerprint density at radius 3 is 2.30 bits per heavy atom. The van der Waals surface area contributed by atoms with Gasteiger partial charge in [0, 0.05) is 36.7 Å². The maximum atomic E-state index is 17.4. The summed E-state index contributed by atoms with van der Waals surface area (Å²) in [6, 6.07) is 9.90. The average molecular weight is 453 g/mol. The molecule has 0 radical (unpaired) electrons. The molecule has 6 nitrogen and oxygen atoms in total. The molecule has 0 aliphatic carbocycles. The van der Waals surface area contributed by atoms with Gasteiger partial charge in [0.25, 0.3) is 11.7 Å². The molecule has 2 aromatic rings. The lowest BCUT2D eigenvalue weighted by molar-refractivity contribution is -0.147. The van der Waals surface area contributed by atoms with Crippen LogP contribution in [0.25, 0.3) is 0 Å². The van der Waals surface area contributed by atoms with Gasteiger partial charge in [-0.1, -0.05) is 39.0 Å².